The summed E-state index contributed by atoms with van der Waals surface area (Å²) in [4.78, 5) is 28.5. The Hall–Kier alpha value is -5.94. The zero-order chi connectivity index (χ0) is 33.3. The molecule has 0 radical (unpaired) electrons. The number of hydrogen-bond acceptors (Lipinski definition) is 10. The maximum absolute atomic E-state index is 13.1. The van der Waals surface area contributed by atoms with Crippen LogP contribution >= 0.6 is 0 Å². The second-order valence-electron chi connectivity index (χ2n) is 11.4. The fraction of sp³-hybridized carbons (Fsp3) is 0.206. The number of pyridine rings is 3. The van der Waals surface area contributed by atoms with Gasteiger partial charge < -0.3 is 11.1 Å². The topological polar surface area (TPSA) is 147 Å². The predicted octanol–water partition coefficient (Wildman–Crippen LogP) is 5.88. The lowest BCUT2D eigenvalue weighted by Crippen LogP contribution is -2.38. The first-order valence-electron chi connectivity index (χ1n) is 15.2. The standard InChI is InChI=1S/C34H28F3N11/c35-34(36,37)22-5-8-26(42-19-22)27-9-10-28-33(44-27)48(32(45-28)25-2-1-14-41-31(25)39)24-6-3-21(4-7-24)20-47-16-12-23(13-17-47)43-29-11-15-40-30(18-38)46-29/h1-11,14-15,19,23H,12-13,16-17,20H2,(H2,39,41)(H,40,43,46). The van der Waals surface area contributed by atoms with Gasteiger partial charge >= 0.3 is 6.18 Å². The summed E-state index contributed by atoms with van der Waals surface area (Å²) in [5.41, 5.74) is 9.77. The van der Waals surface area contributed by atoms with Crippen molar-refractivity contribution in [2.75, 3.05) is 24.1 Å². The van der Waals surface area contributed by atoms with Crippen LogP contribution in [0.4, 0.5) is 24.8 Å². The zero-order valence-corrected chi connectivity index (χ0v) is 25.4. The molecule has 5 aromatic heterocycles. The van der Waals surface area contributed by atoms with Crippen LogP contribution in [-0.2, 0) is 12.7 Å². The Kier molecular flexibility index (Phi) is 8.12. The molecule has 240 valence electrons. The lowest BCUT2D eigenvalue weighted by atomic mass is 10.0. The first kappa shape index (κ1) is 30.7. The maximum Gasteiger partial charge on any atom is 0.417 e. The van der Waals surface area contributed by atoms with E-state index in [4.69, 9.17) is 21.0 Å². The number of rotatable bonds is 7. The average molecular weight is 648 g/mol. The van der Waals surface area contributed by atoms with E-state index < -0.39 is 11.7 Å². The quantitative estimate of drug-likeness (QED) is 0.215. The molecule has 11 nitrogen and oxygen atoms in total. The van der Waals surface area contributed by atoms with E-state index in [1.807, 2.05) is 28.8 Å². The number of hydrogen-bond donors (Lipinski definition) is 2. The van der Waals surface area contributed by atoms with Crippen molar-refractivity contribution >= 4 is 22.8 Å². The van der Waals surface area contributed by atoms with Gasteiger partial charge in [-0.2, -0.15) is 18.4 Å². The summed E-state index contributed by atoms with van der Waals surface area (Å²) in [6.45, 7) is 2.57. The molecular formula is C34H28F3N11. The minimum absolute atomic E-state index is 0.146. The number of benzene rings is 1. The SMILES string of the molecule is N#Cc1nccc(NC2CCN(Cc3ccc(-n4c(-c5cccnc5N)nc5ccc(-c6ccc(C(F)(F)F)cn6)nc54)cc3)CC2)n1. The summed E-state index contributed by atoms with van der Waals surface area (Å²) in [5.74, 6) is 1.65. The molecule has 6 heterocycles. The molecule has 0 spiro atoms. The van der Waals surface area contributed by atoms with Crippen molar-refractivity contribution < 1.29 is 13.2 Å². The van der Waals surface area contributed by atoms with Gasteiger partial charge in [0.15, 0.2) is 11.5 Å². The molecule has 0 aliphatic carbocycles. The number of halogens is 3. The van der Waals surface area contributed by atoms with Crippen LogP contribution in [0.25, 0.3) is 39.6 Å². The van der Waals surface area contributed by atoms with E-state index in [-0.39, 0.29) is 11.9 Å². The number of nitrogens with one attached hydrogen (secondary N) is 1. The van der Waals surface area contributed by atoms with E-state index in [0.29, 0.717) is 45.6 Å². The molecule has 48 heavy (non-hydrogen) atoms. The maximum atomic E-state index is 13.1. The molecule has 0 atom stereocenters. The van der Waals surface area contributed by atoms with Gasteiger partial charge in [0.25, 0.3) is 0 Å². The highest BCUT2D eigenvalue weighted by Crippen LogP contribution is 2.33. The number of nitrogens with two attached hydrogens (primary N) is 1. The Morgan fingerprint density at radius 3 is 2.38 bits per heavy atom. The average Bonchev–Trinajstić information content (AvgIpc) is 3.48. The smallest absolute Gasteiger partial charge is 0.383 e. The molecule has 3 N–H and O–H groups in total. The number of nitriles is 1. The number of imidazole rings is 1. The monoisotopic (exact) mass is 647 g/mol. The number of nitrogens with zero attached hydrogens (tertiary/aromatic N) is 9. The fourth-order valence-corrected chi connectivity index (χ4v) is 5.79. The first-order chi connectivity index (χ1) is 23.2. The van der Waals surface area contributed by atoms with E-state index >= 15 is 0 Å². The Morgan fingerprint density at radius 1 is 0.875 bits per heavy atom. The van der Waals surface area contributed by atoms with Crippen LogP contribution in [0.1, 0.15) is 29.8 Å². The van der Waals surface area contributed by atoms with Gasteiger partial charge in [0.1, 0.15) is 23.2 Å². The Balaban J connectivity index is 1.14. The molecule has 0 unspecified atom stereocenters. The third kappa shape index (κ3) is 6.36. The molecule has 1 saturated heterocycles. The number of likely N-dealkylation sites (tertiary alicyclic amines) is 1. The molecular weight excluding hydrogens is 619 g/mol. The predicted molar refractivity (Wildman–Crippen MR) is 173 cm³/mol. The van der Waals surface area contributed by atoms with E-state index in [1.165, 1.54) is 6.07 Å². The summed E-state index contributed by atoms with van der Waals surface area (Å²) in [7, 11) is 0. The van der Waals surface area contributed by atoms with Crippen LogP contribution in [0, 0.1) is 11.3 Å². The molecule has 1 aromatic carbocycles. The van der Waals surface area contributed by atoms with Crippen molar-refractivity contribution in [1.29, 1.82) is 5.26 Å². The van der Waals surface area contributed by atoms with Gasteiger partial charge in [0.05, 0.1) is 22.5 Å². The Morgan fingerprint density at radius 2 is 1.67 bits per heavy atom. The number of alkyl halides is 3. The van der Waals surface area contributed by atoms with Crippen molar-refractivity contribution in [2.24, 2.45) is 0 Å². The molecule has 1 aliphatic rings. The van der Waals surface area contributed by atoms with Gasteiger partial charge in [-0.1, -0.05) is 12.1 Å². The highest BCUT2D eigenvalue weighted by Gasteiger charge is 2.31. The minimum Gasteiger partial charge on any atom is -0.383 e. The van der Waals surface area contributed by atoms with E-state index in [1.54, 1.807) is 36.7 Å². The third-order valence-electron chi connectivity index (χ3n) is 8.23. The van der Waals surface area contributed by atoms with Crippen molar-refractivity contribution in [3.8, 4) is 34.5 Å². The second kappa shape index (κ2) is 12.7. The third-order valence-corrected chi connectivity index (χ3v) is 8.23. The molecule has 14 heteroatoms. The Labute approximate surface area is 273 Å². The number of piperidine rings is 1. The van der Waals surface area contributed by atoms with Gasteiger partial charge in [0, 0.05) is 50.0 Å². The summed E-state index contributed by atoms with van der Waals surface area (Å²) in [6, 6.07) is 21.5. The minimum atomic E-state index is -4.48. The molecule has 1 fully saturated rings. The normalized spacial score (nSPS) is 14.2. The summed E-state index contributed by atoms with van der Waals surface area (Å²) in [5, 5.41) is 12.5. The molecule has 1 aliphatic heterocycles. The van der Waals surface area contributed by atoms with E-state index in [0.717, 1.165) is 56.0 Å². The van der Waals surface area contributed by atoms with Crippen molar-refractivity contribution in [3.05, 3.63) is 102 Å². The molecule has 6 aromatic rings. The van der Waals surface area contributed by atoms with Gasteiger partial charge in [-0.25, -0.2) is 24.9 Å². The summed E-state index contributed by atoms with van der Waals surface area (Å²) >= 11 is 0. The van der Waals surface area contributed by atoms with Crippen LogP contribution < -0.4 is 11.1 Å². The summed E-state index contributed by atoms with van der Waals surface area (Å²) < 4.78 is 41.3. The largest absolute Gasteiger partial charge is 0.417 e. The van der Waals surface area contributed by atoms with E-state index in [2.05, 4.69) is 42.3 Å². The van der Waals surface area contributed by atoms with Crippen LogP contribution in [0.15, 0.2) is 85.3 Å². The van der Waals surface area contributed by atoms with Crippen molar-refractivity contribution in [2.45, 2.75) is 31.6 Å². The van der Waals surface area contributed by atoms with Crippen LogP contribution in [0.2, 0.25) is 0 Å². The van der Waals surface area contributed by atoms with Crippen LogP contribution in [-0.4, -0.2) is 58.5 Å². The molecule has 0 saturated carbocycles. The highest BCUT2D eigenvalue weighted by molar-refractivity contribution is 5.84. The van der Waals surface area contributed by atoms with Crippen molar-refractivity contribution in [3.63, 3.8) is 0 Å². The van der Waals surface area contributed by atoms with Gasteiger partial charge in [-0.05, 0) is 73.0 Å². The lowest BCUT2D eigenvalue weighted by Gasteiger charge is -2.32. The van der Waals surface area contributed by atoms with Crippen LogP contribution in [0.5, 0.6) is 0 Å². The summed E-state index contributed by atoms with van der Waals surface area (Å²) in [6.07, 6.45) is 1.38. The van der Waals surface area contributed by atoms with E-state index in [9.17, 15) is 13.2 Å². The lowest BCUT2D eigenvalue weighted by molar-refractivity contribution is -0.137. The number of aromatic nitrogens is 7. The molecule has 7 rings (SSSR count). The van der Waals surface area contributed by atoms with Gasteiger partial charge in [-0.3, -0.25) is 14.5 Å². The first-order valence-corrected chi connectivity index (χ1v) is 15.2. The number of nitrogen functional groups attached to an aromatic ring is 1. The Bertz CT molecular complexity index is 2110. The zero-order valence-electron chi connectivity index (χ0n) is 25.4. The second-order valence-corrected chi connectivity index (χ2v) is 11.4. The number of fused-ring (bicyclic) bond motifs is 1. The fourth-order valence-electron chi connectivity index (χ4n) is 5.79. The molecule has 0 bridgehead atoms. The van der Waals surface area contributed by atoms with Gasteiger partial charge in [-0.15, -0.1) is 0 Å². The van der Waals surface area contributed by atoms with Crippen LogP contribution in [0.3, 0.4) is 0 Å². The number of anilines is 2. The molecule has 0 amide bonds. The van der Waals surface area contributed by atoms with Gasteiger partial charge in [0.2, 0.25) is 5.82 Å². The highest BCUT2D eigenvalue weighted by atomic mass is 19.4. The van der Waals surface area contributed by atoms with Crippen molar-refractivity contribution in [1.82, 2.24) is 39.4 Å².